The van der Waals surface area contributed by atoms with Gasteiger partial charge in [-0.05, 0) is 61.4 Å². The summed E-state index contributed by atoms with van der Waals surface area (Å²) in [7, 11) is -1.22. The van der Waals surface area contributed by atoms with Gasteiger partial charge in [0.1, 0.15) is 18.3 Å². The second-order valence-electron chi connectivity index (χ2n) is 8.83. The van der Waals surface area contributed by atoms with Gasteiger partial charge in [0.25, 0.3) is 10.0 Å². The number of benzene rings is 3. The van der Waals surface area contributed by atoms with Gasteiger partial charge in [-0.1, -0.05) is 60.0 Å². The van der Waals surface area contributed by atoms with Crippen molar-refractivity contribution in [2.24, 2.45) is 0 Å². The molecule has 0 bridgehead atoms. The summed E-state index contributed by atoms with van der Waals surface area (Å²) in [6, 6.07) is 16.9. The highest BCUT2D eigenvalue weighted by atomic mass is 35.5. The second kappa shape index (κ2) is 13.2. The van der Waals surface area contributed by atoms with E-state index in [9.17, 15) is 18.0 Å². The summed E-state index contributed by atoms with van der Waals surface area (Å²) in [5.41, 5.74) is 1.66. The Balaban J connectivity index is 2.09. The van der Waals surface area contributed by atoms with Gasteiger partial charge >= 0.3 is 0 Å². The molecule has 0 saturated carbocycles. The van der Waals surface area contributed by atoms with Gasteiger partial charge < -0.3 is 15.0 Å². The van der Waals surface area contributed by atoms with Crippen LogP contribution in [0.25, 0.3) is 0 Å². The van der Waals surface area contributed by atoms with Crippen LogP contribution in [-0.4, -0.2) is 51.9 Å². The second-order valence-corrected chi connectivity index (χ2v) is 11.5. The van der Waals surface area contributed by atoms with Gasteiger partial charge in [-0.15, -0.1) is 0 Å². The number of anilines is 1. The van der Waals surface area contributed by atoms with E-state index < -0.39 is 28.5 Å². The third-order valence-corrected chi connectivity index (χ3v) is 8.54. The molecule has 0 aromatic heterocycles. The molecule has 2 amide bonds. The zero-order valence-corrected chi connectivity index (χ0v) is 24.5. The van der Waals surface area contributed by atoms with Crippen LogP contribution < -0.4 is 14.4 Å². The number of halogens is 2. The fourth-order valence-electron chi connectivity index (χ4n) is 4.04. The molecule has 0 aliphatic heterocycles. The lowest BCUT2D eigenvalue weighted by Crippen LogP contribution is -2.51. The van der Waals surface area contributed by atoms with Crippen molar-refractivity contribution in [1.82, 2.24) is 10.2 Å². The molecule has 1 atom stereocenters. The van der Waals surface area contributed by atoms with Crippen molar-refractivity contribution in [3.05, 3.63) is 87.9 Å². The van der Waals surface area contributed by atoms with E-state index in [1.54, 1.807) is 50.4 Å². The quantitative estimate of drug-likeness (QED) is 0.336. The number of methoxy groups -OCH3 is 1. The van der Waals surface area contributed by atoms with Gasteiger partial charge in [-0.25, -0.2) is 8.42 Å². The maximum absolute atomic E-state index is 13.9. The first-order chi connectivity index (χ1) is 18.5. The number of hydrogen-bond acceptors (Lipinski definition) is 5. The van der Waals surface area contributed by atoms with E-state index >= 15 is 0 Å². The normalized spacial score (nSPS) is 11.9. The van der Waals surface area contributed by atoms with Gasteiger partial charge in [0, 0.05) is 18.6 Å². The van der Waals surface area contributed by atoms with Crippen LogP contribution in [0.15, 0.2) is 71.6 Å². The summed E-state index contributed by atoms with van der Waals surface area (Å²) in [5, 5.41) is 2.94. The summed E-state index contributed by atoms with van der Waals surface area (Å²) in [6.07, 6.45) is 0.310. The number of carbonyl (C=O) groups is 2. The standard InChI is InChI=1S/C28H31Cl2N3O5S/c1-5-25(28(35)31-3)32(17-20-8-11-22(38-4)12-9-20)27(34)18-33(26-16-21(29)10-15-24(26)30)39(36,37)23-13-6-19(2)7-14-23/h6-16,25H,5,17-18H2,1-4H3,(H,31,35)/t25-/m1/s1. The molecule has 0 aliphatic carbocycles. The average molecular weight is 593 g/mol. The van der Waals surface area contributed by atoms with Gasteiger partial charge in [-0.3, -0.25) is 13.9 Å². The molecular weight excluding hydrogens is 561 g/mol. The summed E-state index contributed by atoms with van der Waals surface area (Å²) >= 11 is 12.6. The largest absolute Gasteiger partial charge is 0.497 e. The van der Waals surface area contributed by atoms with Crippen molar-refractivity contribution in [3.63, 3.8) is 0 Å². The highest BCUT2D eigenvalue weighted by Crippen LogP contribution is 2.33. The number of likely N-dealkylation sites (N-methyl/N-ethyl adjacent to an activating group) is 1. The number of rotatable bonds is 11. The van der Waals surface area contributed by atoms with E-state index in [4.69, 9.17) is 27.9 Å². The SMILES string of the molecule is CC[C@H](C(=O)NC)N(Cc1ccc(OC)cc1)C(=O)CN(c1cc(Cl)ccc1Cl)S(=O)(=O)c1ccc(C)cc1. The van der Waals surface area contributed by atoms with Crippen molar-refractivity contribution in [3.8, 4) is 5.75 Å². The fraction of sp³-hybridized carbons (Fsp3) is 0.286. The maximum atomic E-state index is 13.9. The lowest BCUT2D eigenvalue weighted by Gasteiger charge is -2.33. The molecule has 3 rings (SSSR count). The van der Waals surface area contributed by atoms with Crippen LogP contribution in [0.5, 0.6) is 5.75 Å². The lowest BCUT2D eigenvalue weighted by atomic mass is 10.1. The van der Waals surface area contributed by atoms with Gasteiger partial charge in [0.15, 0.2) is 0 Å². The number of sulfonamides is 1. The minimum Gasteiger partial charge on any atom is -0.497 e. The molecule has 0 unspecified atom stereocenters. The fourth-order valence-corrected chi connectivity index (χ4v) is 5.90. The Morgan fingerprint density at radius 3 is 2.21 bits per heavy atom. The monoisotopic (exact) mass is 591 g/mol. The highest BCUT2D eigenvalue weighted by Gasteiger charge is 2.34. The molecule has 8 nitrogen and oxygen atoms in total. The molecule has 0 fully saturated rings. The molecular formula is C28H31Cl2N3O5S. The summed E-state index contributed by atoms with van der Waals surface area (Å²) < 4.78 is 33.9. The molecule has 208 valence electrons. The maximum Gasteiger partial charge on any atom is 0.264 e. The first-order valence-electron chi connectivity index (χ1n) is 12.2. The van der Waals surface area contributed by atoms with Crippen molar-refractivity contribution in [1.29, 1.82) is 0 Å². The zero-order chi connectivity index (χ0) is 28.7. The van der Waals surface area contributed by atoms with Gasteiger partial charge in [0.05, 0.1) is 22.7 Å². The van der Waals surface area contributed by atoms with Crippen LogP contribution in [-0.2, 0) is 26.2 Å². The Labute approximate surface area is 239 Å². The molecule has 39 heavy (non-hydrogen) atoms. The Morgan fingerprint density at radius 1 is 1.00 bits per heavy atom. The zero-order valence-electron chi connectivity index (χ0n) is 22.1. The van der Waals surface area contributed by atoms with E-state index in [2.05, 4.69) is 5.32 Å². The number of hydrogen-bond donors (Lipinski definition) is 1. The number of amides is 2. The van der Waals surface area contributed by atoms with Crippen molar-refractivity contribution in [2.45, 2.75) is 37.8 Å². The number of nitrogens with zero attached hydrogens (tertiary/aromatic N) is 2. The number of ether oxygens (including phenoxy) is 1. The minimum absolute atomic E-state index is 0.0167. The Bertz CT molecular complexity index is 1410. The average Bonchev–Trinajstić information content (AvgIpc) is 2.93. The minimum atomic E-state index is -4.25. The summed E-state index contributed by atoms with van der Waals surface area (Å²) in [5.74, 6) is -0.318. The molecule has 0 aliphatic rings. The molecule has 0 spiro atoms. The number of aryl methyl sites for hydroxylation is 1. The Hall–Kier alpha value is -3.27. The number of carbonyl (C=O) groups excluding carboxylic acids is 2. The molecule has 0 saturated heterocycles. The van der Waals surface area contributed by atoms with Crippen LogP contribution in [0.4, 0.5) is 5.69 Å². The predicted molar refractivity (Wildman–Crippen MR) is 154 cm³/mol. The van der Waals surface area contributed by atoms with Gasteiger partial charge in [0.2, 0.25) is 11.8 Å². The van der Waals surface area contributed by atoms with Crippen molar-refractivity contribution < 1.29 is 22.7 Å². The Morgan fingerprint density at radius 2 is 1.64 bits per heavy atom. The van der Waals surface area contributed by atoms with Crippen molar-refractivity contribution in [2.75, 3.05) is 25.0 Å². The van der Waals surface area contributed by atoms with E-state index in [1.165, 1.54) is 42.3 Å². The summed E-state index contributed by atoms with van der Waals surface area (Å²) in [6.45, 7) is 3.07. The summed E-state index contributed by atoms with van der Waals surface area (Å²) in [4.78, 5) is 28.1. The third kappa shape index (κ3) is 7.23. The van der Waals surface area contributed by atoms with Crippen LogP contribution in [0.3, 0.4) is 0 Å². The Kier molecular flexibility index (Phi) is 10.2. The molecule has 3 aromatic rings. The molecule has 0 radical (unpaired) electrons. The van der Waals surface area contributed by atoms with E-state index in [-0.39, 0.29) is 33.1 Å². The van der Waals surface area contributed by atoms with E-state index in [0.29, 0.717) is 12.2 Å². The van der Waals surface area contributed by atoms with E-state index in [0.717, 1.165) is 15.4 Å². The smallest absolute Gasteiger partial charge is 0.264 e. The van der Waals surface area contributed by atoms with Crippen LogP contribution in [0, 0.1) is 6.92 Å². The van der Waals surface area contributed by atoms with Crippen molar-refractivity contribution >= 4 is 50.7 Å². The van der Waals surface area contributed by atoms with Crippen LogP contribution in [0.2, 0.25) is 10.0 Å². The molecule has 0 heterocycles. The lowest BCUT2D eigenvalue weighted by molar-refractivity contribution is -0.140. The van der Waals surface area contributed by atoms with Gasteiger partial charge in [-0.2, -0.15) is 0 Å². The number of nitrogens with one attached hydrogen (secondary N) is 1. The molecule has 3 aromatic carbocycles. The predicted octanol–water partition coefficient (Wildman–Crippen LogP) is 5.06. The third-order valence-electron chi connectivity index (χ3n) is 6.21. The van der Waals surface area contributed by atoms with E-state index in [1.807, 2.05) is 6.92 Å². The van der Waals surface area contributed by atoms with Crippen LogP contribution in [0.1, 0.15) is 24.5 Å². The first kappa shape index (κ1) is 30.3. The first-order valence-corrected chi connectivity index (χ1v) is 14.4. The molecule has 11 heteroatoms. The molecule has 1 N–H and O–H groups in total. The highest BCUT2D eigenvalue weighted by molar-refractivity contribution is 7.92. The van der Waals surface area contributed by atoms with Crippen LogP contribution >= 0.6 is 23.2 Å². The topological polar surface area (TPSA) is 96.0 Å².